The Hall–Kier alpha value is -3.22. The topological polar surface area (TPSA) is 93.1 Å². The summed E-state index contributed by atoms with van der Waals surface area (Å²) in [4.78, 5) is 35.9. The summed E-state index contributed by atoms with van der Waals surface area (Å²) in [6, 6.07) is 9.67. The second-order valence-electron chi connectivity index (χ2n) is 6.07. The van der Waals surface area contributed by atoms with Crippen LogP contribution in [0.25, 0.3) is 5.57 Å². The summed E-state index contributed by atoms with van der Waals surface area (Å²) in [5.41, 5.74) is 3.00. The molecule has 0 unspecified atom stereocenters. The second kappa shape index (κ2) is 7.77. The highest BCUT2D eigenvalue weighted by Gasteiger charge is 2.25. The number of likely N-dealkylation sites (N-methyl/N-ethyl adjacent to an activating group) is 1. The fourth-order valence-corrected chi connectivity index (χ4v) is 2.98. The molecule has 2 aromatic rings. The van der Waals surface area contributed by atoms with E-state index in [1.54, 1.807) is 13.2 Å². The van der Waals surface area contributed by atoms with Crippen LogP contribution in [0.3, 0.4) is 0 Å². The maximum atomic E-state index is 12.4. The lowest BCUT2D eigenvalue weighted by atomic mass is 10.00. The summed E-state index contributed by atoms with van der Waals surface area (Å²) in [5, 5.41) is 9.27. The Kier molecular flexibility index (Phi) is 5.26. The highest BCUT2D eigenvalue weighted by molar-refractivity contribution is 6.11. The molecule has 0 saturated carbocycles. The second-order valence-corrected chi connectivity index (χ2v) is 6.07. The SMILES string of the molecule is CNC(=O)Cn1cc(NC(=O)CC2=C(c3ccccc3)CCC2=O)cn1. The quantitative estimate of drug-likeness (QED) is 0.829. The van der Waals surface area contributed by atoms with E-state index in [2.05, 4.69) is 15.7 Å². The maximum Gasteiger partial charge on any atom is 0.241 e. The number of anilines is 1. The lowest BCUT2D eigenvalue weighted by Crippen LogP contribution is -2.23. The lowest BCUT2D eigenvalue weighted by Gasteiger charge is -2.07. The number of Topliss-reactive ketones (excluding diaryl/α,β-unsaturated/α-hetero) is 1. The van der Waals surface area contributed by atoms with Gasteiger partial charge in [0.05, 0.1) is 18.3 Å². The van der Waals surface area contributed by atoms with E-state index < -0.39 is 0 Å². The molecule has 0 aliphatic heterocycles. The van der Waals surface area contributed by atoms with E-state index in [4.69, 9.17) is 0 Å². The normalized spacial score (nSPS) is 13.8. The Morgan fingerprint density at radius 3 is 2.65 bits per heavy atom. The molecule has 0 radical (unpaired) electrons. The number of aromatic nitrogens is 2. The standard InChI is InChI=1S/C19H20N4O3/c1-20-19(26)12-23-11-14(10-21-23)22-18(25)9-16-15(7-8-17(16)24)13-5-3-2-4-6-13/h2-6,10-11H,7-9,12H2,1H3,(H,20,26)(H,22,25). The predicted octanol–water partition coefficient (Wildman–Crippen LogP) is 1.77. The van der Waals surface area contributed by atoms with E-state index in [-0.39, 0.29) is 30.6 Å². The summed E-state index contributed by atoms with van der Waals surface area (Å²) in [6.07, 6.45) is 4.19. The molecule has 0 atom stereocenters. The van der Waals surface area contributed by atoms with E-state index in [0.29, 0.717) is 24.1 Å². The largest absolute Gasteiger partial charge is 0.358 e. The Bertz CT molecular complexity index is 868. The van der Waals surface area contributed by atoms with Gasteiger partial charge in [-0.05, 0) is 17.6 Å². The van der Waals surface area contributed by atoms with Gasteiger partial charge in [0.2, 0.25) is 11.8 Å². The van der Waals surface area contributed by atoms with Crippen molar-refractivity contribution in [2.24, 2.45) is 0 Å². The van der Waals surface area contributed by atoms with Crippen LogP contribution in [-0.2, 0) is 20.9 Å². The van der Waals surface area contributed by atoms with E-state index in [1.165, 1.54) is 10.9 Å². The van der Waals surface area contributed by atoms with Crippen molar-refractivity contribution in [3.05, 3.63) is 53.9 Å². The lowest BCUT2D eigenvalue weighted by molar-refractivity contribution is -0.121. The van der Waals surface area contributed by atoms with Crippen molar-refractivity contribution in [3.8, 4) is 0 Å². The highest BCUT2D eigenvalue weighted by atomic mass is 16.2. The van der Waals surface area contributed by atoms with Crippen molar-refractivity contribution in [3.63, 3.8) is 0 Å². The van der Waals surface area contributed by atoms with Crippen molar-refractivity contribution in [2.45, 2.75) is 25.8 Å². The maximum absolute atomic E-state index is 12.4. The third-order valence-electron chi connectivity index (χ3n) is 4.26. The Balaban J connectivity index is 1.69. The molecule has 7 heteroatoms. The number of allylic oxidation sites excluding steroid dienone is 1. The number of benzene rings is 1. The van der Waals surface area contributed by atoms with E-state index in [9.17, 15) is 14.4 Å². The Morgan fingerprint density at radius 2 is 1.92 bits per heavy atom. The molecule has 26 heavy (non-hydrogen) atoms. The number of hydrogen-bond acceptors (Lipinski definition) is 4. The number of hydrogen-bond donors (Lipinski definition) is 2. The fourth-order valence-electron chi connectivity index (χ4n) is 2.98. The van der Waals surface area contributed by atoms with Crippen molar-refractivity contribution in [1.82, 2.24) is 15.1 Å². The molecule has 1 aliphatic carbocycles. The van der Waals surface area contributed by atoms with Crippen molar-refractivity contribution >= 4 is 28.9 Å². The molecular weight excluding hydrogens is 332 g/mol. The molecule has 2 N–H and O–H groups in total. The molecule has 2 amide bonds. The summed E-state index contributed by atoms with van der Waals surface area (Å²) in [6.45, 7) is 0.0775. The first-order valence-electron chi connectivity index (χ1n) is 8.40. The van der Waals surface area contributed by atoms with Gasteiger partial charge in [-0.25, -0.2) is 0 Å². The van der Waals surface area contributed by atoms with Crippen LogP contribution in [-0.4, -0.2) is 34.4 Å². The van der Waals surface area contributed by atoms with Crippen molar-refractivity contribution < 1.29 is 14.4 Å². The van der Waals surface area contributed by atoms with Gasteiger partial charge >= 0.3 is 0 Å². The number of amides is 2. The highest BCUT2D eigenvalue weighted by Crippen LogP contribution is 2.33. The molecule has 1 aromatic carbocycles. The minimum Gasteiger partial charge on any atom is -0.358 e. The van der Waals surface area contributed by atoms with Gasteiger partial charge in [-0.3, -0.25) is 19.1 Å². The van der Waals surface area contributed by atoms with Gasteiger partial charge in [0.15, 0.2) is 5.78 Å². The molecule has 3 rings (SSSR count). The molecule has 1 aromatic heterocycles. The van der Waals surface area contributed by atoms with Gasteiger partial charge < -0.3 is 10.6 Å². The molecule has 1 heterocycles. The van der Waals surface area contributed by atoms with Crippen LogP contribution in [0.1, 0.15) is 24.8 Å². The van der Waals surface area contributed by atoms with Gasteiger partial charge in [0.25, 0.3) is 0 Å². The summed E-state index contributed by atoms with van der Waals surface area (Å²) >= 11 is 0. The Labute approximate surface area is 151 Å². The molecule has 1 aliphatic rings. The van der Waals surface area contributed by atoms with Crippen molar-refractivity contribution in [1.29, 1.82) is 0 Å². The smallest absolute Gasteiger partial charge is 0.241 e. The fraction of sp³-hybridized carbons (Fsp3) is 0.263. The average Bonchev–Trinajstić information content (AvgIpc) is 3.22. The molecule has 0 fully saturated rings. The number of carbonyl (C=O) groups excluding carboxylic acids is 3. The predicted molar refractivity (Wildman–Crippen MR) is 97.1 cm³/mol. The summed E-state index contributed by atoms with van der Waals surface area (Å²) in [7, 11) is 1.55. The number of ketones is 1. The molecule has 0 bridgehead atoms. The number of carbonyl (C=O) groups is 3. The first-order chi connectivity index (χ1) is 12.6. The Morgan fingerprint density at radius 1 is 1.15 bits per heavy atom. The number of rotatable bonds is 6. The third kappa shape index (κ3) is 4.05. The molecule has 0 spiro atoms. The molecule has 0 saturated heterocycles. The zero-order valence-corrected chi connectivity index (χ0v) is 14.5. The molecular formula is C19H20N4O3. The summed E-state index contributed by atoms with van der Waals surface area (Å²) < 4.78 is 1.43. The van der Waals surface area contributed by atoms with Crippen LogP contribution in [0.4, 0.5) is 5.69 Å². The van der Waals surface area contributed by atoms with Crippen LogP contribution in [0.2, 0.25) is 0 Å². The first-order valence-corrected chi connectivity index (χ1v) is 8.40. The monoisotopic (exact) mass is 352 g/mol. The van der Waals surface area contributed by atoms with Crippen molar-refractivity contribution in [2.75, 3.05) is 12.4 Å². The number of nitrogens with one attached hydrogen (secondary N) is 2. The zero-order chi connectivity index (χ0) is 18.5. The van der Waals surface area contributed by atoms with E-state index >= 15 is 0 Å². The van der Waals surface area contributed by atoms with Crippen LogP contribution in [0.5, 0.6) is 0 Å². The minimum atomic E-state index is -0.275. The zero-order valence-electron chi connectivity index (χ0n) is 14.5. The molecule has 7 nitrogen and oxygen atoms in total. The van der Waals surface area contributed by atoms with Gasteiger partial charge in [-0.2, -0.15) is 5.10 Å². The first kappa shape index (κ1) is 17.6. The van der Waals surface area contributed by atoms with Gasteiger partial charge in [0, 0.05) is 25.2 Å². The third-order valence-corrected chi connectivity index (χ3v) is 4.26. The van der Waals surface area contributed by atoms with Gasteiger partial charge in [0.1, 0.15) is 6.54 Å². The molecule has 134 valence electrons. The van der Waals surface area contributed by atoms with Crippen LogP contribution >= 0.6 is 0 Å². The van der Waals surface area contributed by atoms with Crippen LogP contribution < -0.4 is 10.6 Å². The van der Waals surface area contributed by atoms with Crippen LogP contribution in [0.15, 0.2) is 48.3 Å². The average molecular weight is 352 g/mol. The van der Waals surface area contributed by atoms with E-state index in [1.807, 2.05) is 30.3 Å². The van der Waals surface area contributed by atoms with Gasteiger partial charge in [-0.15, -0.1) is 0 Å². The van der Waals surface area contributed by atoms with Gasteiger partial charge in [-0.1, -0.05) is 30.3 Å². The van der Waals surface area contributed by atoms with E-state index in [0.717, 1.165) is 11.1 Å². The summed E-state index contributed by atoms with van der Waals surface area (Å²) in [5.74, 6) is -0.433. The minimum absolute atomic E-state index is 0.0225. The van der Waals surface area contributed by atoms with Crippen LogP contribution in [0, 0.1) is 0 Å². The number of nitrogens with zero attached hydrogens (tertiary/aromatic N) is 2.